The van der Waals surface area contributed by atoms with Crippen LogP contribution in [0.15, 0.2) is 42.7 Å². The summed E-state index contributed by atoms with van der Waals surface area (Å²) in [5.74, 6) is -1.32. The third-order valence-corrected chi connectivity index (χ3v) is 5.34. The van der Waals surface area contributed by atoms with Gasteiger partial charge in [0.15, 0.2) is 5.78 Å². The van der Waals surface area contributed by atoms with E-state index in [-0.39, 0.29) is 11.0 Å². The molecule has 28 heavy (non-hydrogen) atoms. The highest BCUT2D eigenvalue weighted by atomic mass is 19.3. The van der Waals surface area contributed by atoms with Gasteiger partial charge in [-0.05, 0) is 18.4 Å². The molecule has 0 unspecified atom stereocenters. The second-order valence-corrected chi connectivity index (χ2v) is 7.21. The van der Waals surface area contributed by atoms with Crippen LogP contribution >= 0.6 is 0 Å². The van der Waals surface area contributed by atoms with Crippen LogP contribution in [0.4, 0.5) is 8.78 Å². The third-order valence-electron chi connectivity index (χ3n) is 5.34. The molecular formula is C21H23F2N3O2. The molecule has 1 aliphatic carbocycles. The summed E-state index contributed by atoms with van der Waals surface area (Å²) in [5.41, 5.74) is 1.47. The summed E-state index contributed by atoms with van der Waals surface area (Å²) in [7, 11) is 0. The molecule has 1 fully saturated rings. The molecule has 0 spiro atoms. The first-order valence-corrected chi connectivity index (χ1v) is 9.46. The Morgan fingerprint density at radius 1 is 1.04 bits per heavy atom. The summed E-state index contributed by atoms with van der Waals surface area (Å²) in [4.78, 5) is 31.6. The van der Waals surface area contributed by atoms with Crippen LogP contribution in [0.3, 0.4) is 0 Å². The van der Waals surface area contributed by atoms with Crippen molar-refractivity contribution in [2.75, 3.05) is 6.54 Å². The Balaban J connectivity index is 1.70. The number of rotatable bonds is 7. The van der Waals surface area contributed by atoms with E-state index in [9.17, 15) is 18.4 Å². The van der Waals surface area contributed by atoms with Crippen LogP contribution in [0.1, 0.15) is 53.8 Å². The van der Waals surface area contributed by atoms with Crippen molar-refractivity contribution in [1.29, 1.82) is 0 Å². The molecule has 0 radical (unpaired) electrons. The van der Waals surface area contributed by atoms with Gasteiger partial charge >= 0.3 is 6.43 Å². The Morgan fingerprint density at radius 3 is 2.29 bits per heavy atom. The fourth-order valence-electron chi connectivity index (χ4n) is 3.83. The SMILES string of the molecule is O=C(CNC(=O)C(F)F)c1cnc(CC2(c3ccccc3)CCCCC2)nc1. The molecular weight excluding hydrogens is 364 g/mol. The molecule has 1 aromatic heterocycles. The smallest absolute Gasteiger partial charge is 0.315 e. The lowest BCUT2D eigenvalue weighted by molar-refractivity contribution is -0.131. The number of carbonyl (C=O) groups excluding carboxylic acids is 2. The van der Waals surface area contributed by atoms with Gasteiger partial charge in [0.25, 0.3) is 5.91 Å². The van der Waals surface area contributed by atoms with E-state index in [0.717, 1.165) is 25.7 Å². The lowest BCUT2D eigenvalue weighted by atomic mass is 9.67. The van der Waals surface area contributed by atoms with Crippen molar-refractivity contribution < 1.29 is 18.4 Å². The van der Waals surface area contributed by atoms with Gasteiger partial charge in [-0.25, -0.2) is 9.97 Å². The molecule has 7 heteroatoms. The quantitative estimate of drug-likeness (QED) is 0.739. The highest BCUT2D eigenvalue weighted by Crippen LogP contribution is 2.41. The van der Waals surface area contributed by atoms with Crippen molar-refractivity contribution in [3.8, 4) is 0 Å². The van der Waals surface area contributed by atoms with E-state index >= 15 is 0 Å². The number of amides is 1. The number of nitrogens with zero attached hydrogens (tertiary/aromatic N) is 2. The summed E-state index contributed by atoms with van der Waals surface area (Å²) >= 11 is 0. The second kappa shape index (κ2) is 8.99. The number of Topliss-reactive ketones (excluding diaryl/α,β-unsaturated/α-hetero) is 1. The van der Waals surface area contributed by atoms with Crippen LogP contribution in [0.25, 0.3) is 0 Å². The number of halogens is 2. The fraction of sp³-hybridized carbons (Fsp3) is 0.429. The maximum atomic E-state index is 12.2. The normalized spacial score (nSPS) is 16.0. The Hall–Kier alpha value is -2.70. The molecule has 148 valence electrons. The van der Waals surface area contributed by atoms with Gasteiger partial charge in [-0.3, -0.25) is 9.59 Å². The van der Waals surface area contributed by atoms with E-state index < -0.39 is 24.7 Å². The Morgan fingerprint density at radius 2 is 1.68 bits per heavy atom. The van der Waals surface area contributed by atoms with E-state index in [2.05, 4.69) is 22.1 Å². The van der Waals surface area contributed by atoms with Gasteiger partial charge in [0, 0.05) is 24.2 Å². The monoisotopic (exact) mass is 387 g/mol. The van der Waals surface area contributed by atoms with Crippen molar-refractivity contribution in [3.63, 3.8) is 0 Å². The van der Waals surface area contributed by atoms with Crippen LogP contribution in [0.5, 0.6) is 0 Å². The Bertz CT molecular complexity index is 804. The maximum absolute atomic E-state index is 12.2. The van der Waals surface area contributed by atoms with Crippen molar-refractivity contribution in [1.82, 2.24) is 15.3 Å². The van der Waals surface area contributed by atoms with Gasteiger partial charge in [-0.1, -0.05) is 49.6 Å². The lowest BCUT2D eigenvalue weighted by Crippen LogP contribution is -2.34. The molecule has 1 amide bonds. The number of carbonyl (C=O) groups is 2. The molecule has 5 nitrogen and oxygen atoms in total. The second-order valence-electron chi connectivity index (χ2n) is 7.21. The molecule has 1 heterocycles. The number of hydrogen-bond donors (Lipinski definition) is 1. The zero-order chi connectivity index (χ0) is 20.0. The van der Waals surface area contributed by atoms with Crippen LogP contribution in [0, 0.1) is 0 Å². The van der Waals surface area contributed by atoms with Gasteiger partial charge in [-0.2, -0.15) is 8.78 Å². The van der Waals surface area contributed by atoms with E-state index in [1.54, 1.807) is 0 Å². The molecule has 0 atom stereocenters. The molecule has 1 saturated carbocycles. The van der Waals surface area contributed by atoms with Crippen LogP contribution in [-0.4, -0.2) is 34.6 Å². The average Bonchev–Trinajstić information content (AvgIpc) is 2.73. The minimum Gasteiger partial charge on any atom is -0.344 e. The first kappa shape index (κ1) is 20.0. The van der Waals surface area contributed by atoms with Gasteiger partial charge in [-0.15, -0.1) is 0 Å². The first-order valence-electron chi connectivity index (χ1n) is 9.46. The summed E-state index contributed by atoms with van der Waals surface area (Å²) in [5, 5.41) is 1.89. The number of nitrogens with one attached hydrogen (secondary N) is 1. The van der Waals surface area contributed by atoms with Gasteiger partial charge in [0.1, 0.15) is 5.82 Å². The molecule has 0 bridgehead atoms. The van der Waals surface area contributed by atoms with Gasteiger partial charge < -0.3 is 5.32 Å². The summed E-state index contributed by atoms with van der Waals surface area (Å²) in [6.45, 7) is -0.500. The average molecular weight is 387 g/mol. The van der Waals surface area contributed by atoms with Crippen LogP contribution < -0.4 is 5.32 Å². The molecule has 1 aliphatic rings. The van der Waals surface area contributed by atoms with Gasteiger partial charge in [0.2, 0.25) is 0 Å². The van der Waals surface area contributed by atoms with Crippen LogP contribution in [0.2, 0.25) is 0 Å². The number of benzene rings is 1. The summed E-state index contributed by atoms with van der Waals surface area (Å²) < 4.78 is 24.4. The third kappa shape index (κ3) is 4.77. The predicted molar refractivity (Wildman–Crippen MR) is 100 cm³/mol. The maximum Gasteiger partial charge on any atom is 0.315 e. The topological polar surface area (TPSA) is 72.0 Å². The Labute approximate surface area is 162 Å². The van der Waals surface area contributed by atoms with E-state index in [0.29, 0.717) is 12.2 Å². The van der Waals surface area contributed by atoms with Crippen molar-refractivity contribution in [2.45, 2.75) is 50.4 Å². The number of ketones is 1. The standard InChI is InChI=1S/C21H23F2N3O2/c22-19(23)20(28)26-14-17(27)15-12-24-18(25-13-15)11-21(9-5-2-6-10-21)16-7-3-1-4-8-16/h1,3-4,7-8,12-13,19H,2,5-6,9-11,14H2,(H,26,28). The Kier molecular flexibility index (Phi) is 6.44. The zero-order valence-corrected chi connectivity index (χ0v) is 15.5. The van der Waals surface area contributed by atoms with E-state index in [1.807, 2.05) is 23.5 Å². The molecule has 1 N–H and O–H groups in total. The number of hydrogen-bond acceptors (Lipinski definition) is 4. The fourth-order valence-corrected chi connectivity index (χ4v) is 3.83. The molecule has 1 aromatic carbocycles. The van der Waals surface area contributed by atoms with Crippen molar-refractivity contribution in [2.24, 2.45) is 0 Å². The van der Waals surface area contributed by atoms with E-state index in [1.165, 1.54) is 24.4 Å². The largest absolute Gasteiger partial charge is 0.344 e. The first-order chi connectivity index (χ1) is 13.5. The van der Waals surface area contributed by atoms with Crippen LogP contribution in [-0.2, 0) is 16.6 Å². The molecule has 3 rings (SSSR count). The lowest BCUT2D eigenvalue weighted by Gasteiger charge is -2.37. The molecule has 0 aliphatic heterocycles. The highest BCUT2D eigenvalue weighted by molar-refractivity contribution is 5.99. The number of aromatic nitrogens is 2. The predicted octanol–water partition coefficient (Wildman–Crippen LogP) is 3.49. The highest BCUT2D eigenvalue weighted by Gasteiger charge is 2.34. The van der Waals surface area contributed by atoms with Crippen molar-refractivity contribution in [3.05, 3.63) is 59.7 Å². The minimum absolute atomic E-state index is 0.00370. The zero-order valence-electron chi connectivity index (χ0n) is 15.5. The molecule has 2 aromatic rings. The number of alkyl halides is 2. The summed E-state index contributed by atoms with van der Waals surface area (Å²) in [6.07, 6.45) is 6.05. The summed E-state index contributed by atoms with van der Waals surface area (Å²) in [6, 6.07) is 10.4. The van der Waals surface area contributed by atoms with Crippen molar-refractivity contribution >= 4 is 11.7 Å². The molecule has 0 saturated heterocycles. The van der Waals surface area contributed by atoms with Gasteiger partial charge in [0.05, 0.1) is 12.1 Å². The van der Waals surface area contributed by atoms with E-state index in [4.69, 9.17) is 0 Å². The minimum atomic E-state index is -3.14.